The minimum absolute atomic E-state index is 0.625. The number of rotatable bonds is 2. The molecule has 2 unspecified atom stereocenters. The summed E-state index contributed by atoms with van der Waals surface area (Å²) in [6, 6.07) is 6.75. The van der Waals surface area contributed by atoms with Gasteiger partial charge in [-0.3, -0.25) is 0 Å². The zero-order valence-electron chi connectivity index (χ0n) is 11.0. The van der Waals surface area contributed by atoms with Gasteiger partial charge >= 0.3 is 0 Å². The molecule has 1 saturated carbocycles. The van der Waals surface area contributed by atoms with Crippen molar-refractivity contribution in [2.24, 2.45) is 5.92 Å². The largest absolute Gasteiger partial charge is 0.399 e. The van der Waals surface area contributed by atoms with Crippen LogP contribution in [0, 0.1) is 12.8 Å². The Morgan fingerprint density at radius 2 is 2.00 bits per heavy atom. The Hall–Kier alpha value is -1.18. The van der Waals surface area contributed by atoms with Crippen LogP contribution in [0.25, 0.3) is 0 Å². The highest BCUT2D eigenvalue weighted by Crippen LogP contribution is 2.26. The fourth-order valence-corrected chi connectivity index (χ4v) is 2.65. The number of hydrogen-bond acceptors (Lipinski definition) is 2. The van der Waals surface area contributed by atoms with Crippen molar-refractivity contribution in [1.29, 1.82) is 0 Å². The first kappa shape index (κ1) is 12.3. The lowest BCUT2D eigenvalue weighted by Gasteiger charge is -2.19. The van der Waals surface area contributed by atoms with Crippen molar-refractivity contribution in [2.75, 3.05) is 11.1 Å². The van der Waals surface area contributed by atoms with Crippen molar-refractivity contribution >= 4 is 11.4 Å². The van der Waals surface area contributed by atoms with Gasteiger partial charge < -0.3 is 11.1 Å². The van der Waals surface area contributed by atoms with Gasteiger partial charge in [-0.25, -0.2) is 0 Å². The van der Waals surface area contributed by atoms with Gasteiger partial charge in [0, 0.05) is 17.4 Å². The molecule has 0 bridgehead atoms. The Labute approximate surface area is 105 Å². The van der Waals surface area contributed by atoms with E-state index in [4.69, 9.17) is 5.73 Å². The standard InChI is InChI=1S/C15H24N2/c1-11-4-3-5-14(9-6-11)17-15-10-13(16)8-7-12(15)2/h7-8,10-11,14,17H,3-6,9,16H2,1-2H3. The summed E-state index contributed by atoms with van der Waals surface area (Å²) in [5, 5.41) is 3.67. The maximum absolute atomic E-state index is 5.85. The van der Waals surface area contributed by atoms with Crippen LogP contribution in [0.4, 0.5) is 11.4 Å². The first-order valence-electron chi connectivity index (χ1n) is 6.78. The second kappa shape index (κ2) is 5.44. The van der Waals surface area contributed by atoms with Crippen LogP contribution >= 0.6 is 0 Å². The smallest absolute Gasteiger partial charge is 0.0392 e. The lowest BCUT2D eigenvalue weighted by Crippen LogP contribution is -2.19. The maximum atomic E-state index is 5.85. The fraction of sp³-hybridized carbons (Fsp3) is 0.600. The minimum Gasteiger partial charge on any atom is -0.399 e. The second-order valence-corrected chi connectivity index (χ2v) is 5.53. The molecule has 2 heteroatoms. The van der Waals surface area contributed by atoms with E-state index in [1.54, 1.807) is 0 Å². The van der Waals surface area contributed by atoms with Crippen molar-refractivity contribution in [2.45, 2.75) is 52.0 Å². The highest BCUT2D eigenvalue weighted by atomic mass is 14.9. The molecule has 17 heavy (non-hydrogen) atoms. The predicted molar refractivity (Wildman–Crippen MR) is 75.3 cm³/mol. The van der Waals surface area contributed by atoms with Crippen LogP contribution in [-0.2, 0) is 0 Å². The molecule has 1 aliphatic rings. The molecule has 1 aliphatic carbocycles. The summed E-state index contributed by atoms with van der Waals surface area (Å²) in [6.07, 6.45) is 6.65. The van der Waals surface area contributed by atoms with Gasteiger partial charge in [-0.2, -0.15) is 0 Å². The Balaban J connectivity index is 2.02. The minimum atomic E-state index is 0.625. The molecule has 1 aromatic carbocycles. The lowest BCUT2D eigenvalue weighted by atomic mass is 10.0. The van der Waals surface area contributed by atoms with Crippen molar-refractivity contribution < 1.29 is 0 Å². The number of hydrogen-bond donors (Lipinski definition) is 2. The second-order valence-electron chi connectivity index (χ2n) is 5.53. The lowest BCUT2D eigenvalue weighted by molar-refractivity contribution is 0.502. The van der Waals surface area contributed by atoms with Crippen LogP contribution in [0.15, 0.2) is 18.2 Å². The molecule has 0 radical (unpaired) electrons. The van der Waals surface area contributed by atoms with Crippen molar-refractivity contribution in [3.63, 3.8) is 0 Å². The molecule has 1 fully saturated rings. The third-order valence-corrected chi connectivity index (χ3v) is 3.88. The summed E-state index contributed by atoms with van der Waals surface area (Å²) in [7, 11) is 0. The van der Waals surface area contributed by atoms with E-state index in [0.717, 1.165) is 11.6 Å². The molecule has 2 atom stereocenters. The molecule has 0 saturated heterocycles. The summed E-state index contributed by atoms with van der Waals surface area (Å²) >= 11 is 0. The number of nitrogen functional groups attached to an aromatic ring is 1. The molecule has 1 aromatic rings. The van der Waals surface area contributed by atoms with Gasteiger partial charge in [-0.1, -0.05) is 25.8 Å². The summed E-state index contributed by atoms with van der Waals surface area (Å²) in [6.45, 7) is 4.51. The molecule has 0 aliphatic heterocycles. The van der Waals surface area contributed by atoms with Crippen molar-refractivity contribution in [1.82, 2.24) is 0 Å². The first-order valence-corrected chi connectivity index (χ1v) is 6.78. The van der Waals surface area contributed by atoms with Gasteiger partial charge in [0.2, 0.25) is 0 Å². The van der Waals surface area contributed by atoms with E-state index in [-0.39, 0.29) is 0 Å². The van der Waals surface area contributed by atoms with E-state index in [1.165, 1.54) is 43.4 Å². The Kier molecular flexibility index (Phi) is 3.93. The van der Waals surface area contributed by atoms with Crippen LogP contribution in [0.3, 0.4) is 0 Å². The van der Waals surface area contributed by atoms with Gasteiger partial charge in [0.25, 0.3) is 0 Å². The summed E-state index contributed by atoms with van der Waals surface area (Å²) in [5.41, 5.74) is 9.19. The molecule has 0 amide bonds. The SMILES string of the molecule is Cc1ccc(N)cc1NC1CCCC(C)CC1. The van der Waals surface area contributed by atoms with Crippen LogP contribution in [0.5, 0.6) is 0 Å². The van der Waals surface area contributed by atoms with E-state index < -0.39 is 0 Å². The summed E-state index contributed by atoms with van der Waals surface area (Å²) in [4.78, 5) is 0. The molecule has 0 spiro atoms. The summed E-state index contributed by atoms with van der Waals surface area (Å²) in [5.74, 6) is 0.892. The predicted octanol–water partition coefficient (Wildman–Crippen LogP) is 3.96. The van der Waals surface area contributed by atoms with Crippen LogP contribution in [0.1, 0.15) is 44.6 Å². The highest BCUT2D eigenvalue weighted by molar-refractivity contribution is 5.59. The van der Waals surface area contributed by atoms with Gasteiger partial charge in [0.15, 0.2) is 0 Å². The Morgan fingerprint density at radius 3 is 2.82 bits per heavy atom. The van der Waals surface area contributed by atoms with Crippen molar-refractivity contribution in [3.05, 3.63) is 23.8 Å². The zero-order chi connectivity index (χ0) is 12.3. The molecular formula is C15H24N2. The third kappa shape index (κ3) is 3.39. The fourth-order valence-electron chi connectivity index (χ4n) is 2.65. The van der Waals surface area contributed by atoms with E-state index in [1.807, 2.05) is 6.07 Å². The normalized spacial score (nSPS) is 25.3. The maximum Gasteiger partial charge on any atom is 0.0392 e. The highest BCUT2D eigenvalue weighted by Gasteiger charge is 2.16. The van der Waals surface area contributed by atoms with Gasteiger partial charge in [0.1, 0.15) is 0 Å². The quantitative estimate of drug-likeness (QED) is 0.598. The number of nitrogens with two attached hydrogens (primary N) is 1. The number of benzene rings is 1. The average Bonchev–Trinajstić information content (AvgIpc) is 2.49. The van der Waals surface area contributed by atoms with Crippen LogP contribution in [-0.4, -0.2) is 6.04 Å². The molecule has 94 valence electrons. The number of anilines is 2. The molecular weight excluding hydrogens is 208 g/mol. The Morgan fingerprint density at radius 1 is 1.18 bits per heavy atom. The van der Waals surface area contributed by atoms with E-state index >= 15 is 0 Å². The van der Waals surface area contributed by atoms with Crippen LogP contribution < -0.4 is 11.1 Å². The molecule has 2 rings (SSSR count). The zero-order valence-corrected chi connectivity index (χ0v) is 11.0. The van der Waals surface area contributed by atoms with E-state index in [0.29, 0.717) is 6.04 Å². The summed E-state index contributed by atoms with van der Waals surface area (Å²) < 4.78 is 0. The van der Waals surface area contributed by atoms with Gasteiger partial charge in [-0.05, 0) is 49.8 Å². The van der Waals surface area contributed by atoms with Gasteiger partial charge in [0.05, 0.1) is 0 Å². The van der Waals surface area contributed by atoms with E-state index in [9.17, 15) is 0 Å². The number of aryl methyl sites for hydroxylation is 1. The van der Waals surface area contributed by atoms with Crippen molar-refractivity contribution in [3.8, 4) is 0 Å². The average molecular weight is 232 g/mol. The molecule has 3 N–H and O–H groups in total. The monoisotopic (exact) mass is 232 g/mol. The van der Waals surface area contributed by atoms with E-state index in [2.05, 4.69) is 31.3 Å². The number of nitrogens with one attached hydrogen (secondary N) is 1. The topological polar surface area (TPSA) is 38.0 Å². The molecule has 2 nitrogen and oxygen atoms in total. The molecule has 0 heterocycles. The van der Waals surface area contributed by atoms with Crippen LogP contribution in [0.2, 0.25) is 0 Å². The molecule has 0 aromatic heterocycles. The van der Waals surface area contributed by atoms with Gasteiger partial charge in [-0.15, -0.1) is 0 Å². The third-order valence-electron chi connectivity index (χ3n) is 3.88. The Bertz CT molecular complexity index is 373. The first-order chi connectivity index (χ1) is 8.15.